The molecule has 0 N–H and O–H groups in total. The lowest BCUT2D eigenvalue weighted by molar-refractivity contribution is 0.211. The molecule has 2 aromatic heterocycles. The van der Waals surface area contributed by atoms with E-state index in [9.17, 15) is 8.42 Å². The molecule has 1 aliphatic rings. The quantitative estimate of drug-likeness (QED) is 0.823. The van der Waals surface area contributed by atoms with Gasteiger partial charge < -0.3 is 4.74 Å². The van der Waals surface area contributed by atoms with E-state index in [4.69, 9.17) is 4.74 Å². The summed E-state index contributed by atoms with van der Waals surface area (Å²) in [6, 6.07) is 7.30. The van der Waals surface area contributed by atoms with Gasteiger partial charge in [0.05, 0.1) is 31.1 Å². The normalized spacial score (nSPS) is 18.9. The highest BCUT2D eigenvalue weighted by Crippen LogP contribution is 2.24. The Morgan fingerprint density at radius 1 is 1.32 bits per heavy atom. The fourth-order valence-electron chi connectivity index (χ4n) is 2.55. The first-order valence-electron chi connectivity index (χ1n) is 7.05. The number of pyridine rings is 1. The highest BCUT2D eigenvalue weighted by molar-refractivity contribution is 7.88. The number of ether oxygens (including phenoxy) is 1. The lowest BCUT2D eigenvalue weighted by Gasteiger charge is -2.32. The molecule has 3 heterocycles. The Bertz CT molecular complexity index is 730. The first-order chi connectivity index (χ1) is 10.5. The van der Waals surface area contributed by atoms with E-state index >= 15 is 0 Å². The van der Waals surface area contributed by atoms with Gasteiger partial charge in [-0.1, -0.05) is 6.07 Å². The monoisotopic (exact) mass is 322 g/mol. The molecule has 0 saturated carbocycles. The molecule has 1 atom stereocenters. The average molecular weight is 322 g/mol. The number of aromatic nitrogens is 3. The molecule has 1 aliphatic heterocycles. The van der Waals surface area contributed by atoms with Gasteiger partial charge in [-0.3, -0.25) is 4.68 Å². The van der Waals surface area contributed by atoms with E-state index in [1.54, 1.807) is 18.5 Å². The van der Waals surface area contributed by atoms with Gasteiger partial charge in [0, 0.05) is 31.4 Å². The fraction of sp³-hybridized carbons (Fsp3) is 0.429. The van der Waals surface area contributed by atoms with Gasteiger partial charge in [0.25, 0.3) is 0 Å². The highest BCUT2D eigenvalue weighted by atomic mass is 32.2. The Morgan fingerprint density at radius 2 is 2.18 bits per heavy atom. The molecule has 0 unspecified atom stereocenters. The summed E-state index contributed by atoms with van der Waals surface area (Å²) in [6.45, 7) is 1.24. The minimum atomic E-state index is -3.22. The van der Waals surface area contributed by atoms with Crippen LogP contribution < -0.4 is 4.74 Å². The van der Waals surface area contributed by atoms with Crippen LogP contribution >= 0.6 is 0 Å². The van der Waals surface area contributed by atoms with Gasteiger partial charge in [-0.15, -0.1) is 0 Å². The van der Waals surface area contributed by atoms with Crippen molar-refractivity contribution in [2.45, 2.75) is 19.0 Å². The first kappa shape index (κ1) is 15.0. The Hall–Kier alpha value is -1.93. The second kappa shape index (κ2) is 6.05. The highest BCUT2D eigenvalue weighted by Gasteiger charge is 2.30. The third kappa shape index (κ3) is 3.28. The Balaban J connectivity index is 1.67. The molecule has 0 spiro atoms. The zero-order chi connectivity index (χ0) is 15.6. The lowest BCUT2D eigenvalue weighted by atomic mass is 10.1. The van der Waals surface area contributed by atoms with Crippen LogP contribution in [0.1, 0.15) is 18.2 Å². The smallest absolute Gasteiger partial charge is 0.213 e. The van der Waals surface area contributed by atoms with Crippen molar-refractivity contribution in [3.8, 4) is 5.88 Å². The molecule has 0 aromatic carbocycles. The van der Waals surface area contributed by atoms with Gasteiger partial charge in [-0.25, -0.2) is 13.4 Å². The van der Waals surface area contributed by atoms with Crippen LogP contribution in [0, 0.1) is 0 Å². The van der Waals surface area contributed by atoms with Crippen molar-refractivity contribution in [3.63, 3.8) is 0 Å². The molecule has 8 heteroatoms. The summed E-state index contributed by atoms with van der Waals surface area (Å²) in [7, 11) is -3.22. The van der Waals surface area contributed by atoms with Gasteiger partial charge in [0.1, 0.15) is 0 Å². The van der Waals surface area contributed by atoms with Crippen molar-refractivity contribution in [1.82, 2.24) is 19.1 Å². The maximum absolute atomic E-state index is 11.8. The second-order valence-corrected chi connectivity index (χ2v) is 7.26. The number of sulfonamides is 1. The van der Waals surface area contributed by atoms with Crippen LogP contribution in [-0.2, 0) is 16.6 Å². The lowest BCUT2D eigenvalue weighted by Crippen LogP contribution is -2.41. The number of nitrogens with zero attached hydrogens (tertiary/aromatic N) is 4. The van der Waals surface area contributed by atoms with Crippen molar-refractivity contribution < 1.29 is 13.2 Å². The van der Waals surface area contributed by atoms with Gasteiger partial charge in [0.15, 0.2) is 0 Å². The molecule has 0 aliphatic carbocycles. The molecule has 0 saturated heterocycles. The molecule has 0 amide bonds. The summed E-state index contributed by atoms with van der Waals surface area (Å²) in [5.41, 5.74) is 0.902. The molecule has 0 fully saturated rings. The van der Waals surface area contributed by atoms with E-state index in [0.29, 0.717) is 32.0 Å². The van der Waals surface area contributed by atoms with Gasteiger partial charge in [-0.2, -0.15) is 9.40 Å². The molecular weight excluding hydrogens is 304 g/mol. The van der Waals surface area contributed by atoms with E-state index in [1.165, 1.54) is 10.6 Å². The second-order valence-electron chi connectivity index (χ2n) is 5.28. The molecule has 0 radical (unpaired) electrons. The Labute approximate surface area is 129 Å². The predicted octanol–water partition coefficient (Wildman–Crippen LogP) is 1.06. The summed E-state index contributed by atoms with van der Waals surface area (Å²) in [5, 5.41) is 4.30. The third-order valence-corrected chi connectivity index (χ3v) is 4.87. The maximum Gasteiger partial charge on any atom is 0.213 e. The average Bonchev–Trinajstić information content (AvgIpc) is 2.96. The third-order valence-electron chi connectivity index (χ3n) is 3.66. The molecular formula is C14H18N4O3S. The van der Waals surface area contributed by atoms with E-state index in [-0.39, 0.29) is 6.04 Å². The van der Waals surface area contributed by atoms with Crippen molar-refractivity contribution in [2.75, 3.05) is 19.4 Å². The zero-order valence-electron chi connectivity index (χ0n) is 12.3. The molecule has 3 rings (SSSR count). The van der Waals surface area contributed by atoms with E-state index in [1.807, 2.05) is 22.9 Å². The number of fused-ring (bicyclic) bond motifs is 1. The van der Waals surface area contributed by atoms with Crippen molar-refractivity contribution in [1.29, 1.82) is 0 Å². The number of rotatable bonds is 5. The fourth-order valence-corrected chi connectivity index (χ4v) is 3.36. The minimum absolute atomic E-state index is 0.0304. The van der Waals surface area contributed by atoms with Gasteiger partial charge >= 0.3 is 0 Å². The molecule has 0 bridgehead atoms. The van der Waals surface area contributed by atoms with Crippen molar-refractivity contribution in [3.05, 3.63) is 42.4 Å². The minimum Gasteiger partial charge on any atom is -0.478 e. The van der Waals surface area contributed by atoms with Crippen molar-refractivity contribution >= 4 is 10.0 Å². The van der Waals surface area contributed by atoms with E-state index in [2.05, 4.69) is 10.1 Å². The van der Waals surface area contributed by atoms with Crippen LogP contribution in [-0.4, -0.2) is 46.9 Å². The largest absolute Gasteiger partial charge is 0.478 e. The van der Waals surface area contributed by atoms with Crippen LogP contribution in [0.25, 0.3) is 0 Å². The first-order valence-corrected chi connectivity index (χ1v) is 8.90. The topological polar surface area (TPSA) is 77.3 Å². The van der Waals surface area contributed by atoms with Crippen LogP contribution in [0.3, 0.4) is 0 Å². The number of hydrogen-bond donors (Lipinski definition) is 0. The van der Waals surface area contributed by atoms with Crippen LogP contribution in [0.2, 0.25) is 0 Å². The summed E-state index contributed by atoms with van der Waals surface area (Å²) in [6.07, 6.45) is 5.28. The van der Waals surface area contributed by atoms with E-state index < -0.39 is 10.0 Å². The van der Waals surface area contributed by atoms with Crippen LogP contribution in [0.5, 0.6) is 5.88 Å². The van der Waals surface area contributed by atoms with Gasteiger partial charge in [0.2, 0.25) is 15.9 Å². The summed E-state index contributed by atoms with van der Waals surface area (Å²) >= 11 is 0. The zero-order valence-corrected chi connectivity index (χ0v) is 13.1. The van der Waals surface area contributed by atoms with Crippen molar-refractivity contribution in [2.24, 2.45) is 0 Å². The van der Waals surface area contributed by atoms with Gasteiger partial charge in [-0.05, 0) is 12.1 Å². The molecule has 118 valence electrons. The SMILES string of the molecule is CS(=O)(=O)N1Cc2ccnn2[C@H](CCOc2ccccn2)C1. The Morgan fingerprint density at radius 3 is 2.91 bits per heavy atom. The molecule has 2 aromatic rings. The standard InChI is InChI=1S/C14H18N4O3S/c1-22(19,20)17-10-12-5-8-16-18(12)13(11-17)6-9-21-14-4-2-3-7-15-14/h2-5,7-8,13H,6,9-11H2,1H3/t13-/m1/s1. The number of hydrogen-bond acceptors (Lipinski definition) is 5. The predicted molar refractivity (Wildman–Crippen MR) is 80.9 cm³/mol. The van der Waals surface area contributed by atoms with Crippen LogP contribution in [0.15, 0.2) is 36.7 Å². The summed E-state index contributed by atoms with van der Waals surface area (Å²) in [5.74, 6) is 0.568. The van der Waals surface area contributed by atoms with Crippen LogP contribution in [0.4, 0.5) is 0 Å². The van der Waals surface area contributed by atoms with E-state index in [0.717, 1.165) is 5.69 Å². The molecule has 7 nitrogen and oxygen atoms in total. The summed E-state index contributed by atoms with van der Waals surface area (Å²) < 4.78 is 32.6. The maximum atomic E-state index is 11.8. The summed E-state index contributed by atoms with van der Waals surface area (Å²) in [4.78, 5) is 4.10. The Kier molecular flexibility index (Phi) is 4.12. The molecule has 22 heavy (non-hydrogen) atoms.